The van der Waals surface area contributed by atoms with E-state index >= 15 is 0 Å². The van der Waals surface area contributed by atoms with Gasteiger partial charge in [0.1, 0.15) is 0 Å². The van der Waals surface area contributed by atoms with Crippen molar-refractivity contribution in [2.45, 2.75) is 6.54 Å². The van der Waals surface area contributed by atoms with Crippen LogP contribution in [-0.2, 0) is 6.54 Å². The van der Waals surface area contributed by atoms with E-state index < -0.39 is 11.6 Å². The van der Waals surface area contributed by atoms with Crippen LogP contribution in [0.5, 0.6) is 0 Å². The first-order chi connectivity index (χ1) is 9.52. The van der Waals surface area contributed by atoms with Crippen LogP contribution in [0.25, 0.3) is 0 Å². The smallest absolute Gasteiger partial charge is 0.168 e. The predicted octanol–water partition coefficient (Wildman–Crippen LogP) is 3.69. The number of benzene rings is 1. The molecule has 0 fully saturated rings. The average molecular weight is 298 g/mol. The maximum Gasteiger partial charge on any atom is 0.168 e. The first kappa shape index (κ1) is 14.5. The van der Waals surface area contributed by atoms with Gasteiger partial charge in [0.2, 0.25) is 0 Å². The van der Waals surface area contributed by atoms with Gasteiger partial charge in [-0.05, 0) is 11.6 Å². The van der Waals surface area contributed by atoms with Gasteiger partial charge in [0, 0.05) is 31.7 Å². The second-order valence-corrected chi connectivity index (χ2v) is 4.73. The van der Waals surface area contributed by atoms with E-state index in [0.717, 1.165) is 11.6 Å². The molecule has 0 radical (unpaired) electrons. The van der Waals surface area contributed by atoms with Crippen molar-refractivity contribution in [3.05, 3.63) is 52.6 Å². The van der Waals surface area contributed by atoms with Crippen molar-refractivity contribution in [2.24, 2.45) is 0 Å². The van der Waals surface area contributed by atoms with Crippen LogP contribution >= 0.6 is 11.6 Å². The molecule has 106 valence electrons. The van der Waals surface area contributed by atoms with Gasteiger partial charge in [-0.15, -0.1) is 0 Å². The highest BCUT2D eigenvalue weighted by molar-refractivity contribution is 6.31. The SMILES string of the molecule is CNc1nc(N(C)Cc2ccccc2Cl)c(F)cc1F. The number of nitrogens with one attached hydrogen (secondary N) is 1. The summed E-state index contributed by atoms with van der Waals surface area (Å²) in [5.74, 6) is -1.36. The van der Waals surface area contributed by atoms with E-state index in [0.29, 0.717) is 11.6 Å². The lowest BCUT2D eigenvalue weighted by atomic mass is 10.2. The molecule has 0 unspecified atom stereocenters. The molecule has 0 aliphatic carbocycles. The Labute approximate surface area is 121 Å². The quantitative estimate of drug-likeness (QED) is 0.933. The minimum absolute atomic E-state index is 0.00686. The van der Waals surface area contributed by atoms with Gasteiger partial charge in [0.25, 0.3) is 0 Å². The van der Waals surface area contributed by atoms with E-state index in [-0.39, 0.29) is 11.6 Å². The lowest BCUT2D eigenvalue weighted by Gasteiger charge is -2.20. The van der Waals surface area contributed by atoms with Crippen molar-refractivity contribution in [1.82, 2.24) is 4.98 Å². The number of rotatable bonds is 4. The van der Waals surface area contributed by atoms with Crippen LogP contribution in [0.3, 0.4) is 0 Å². The van der Waals surface area contributed by atoms with Gasteiger partial charge in [-0.1, -0.05) is 29.8 Å². The molecular weight excluding hydrogens is 284 g/mol. The molecule has 0 aliphatic rings. The van der Waals surface area contributed by atoms with Crippen LogP contribution in [0.15, 0.2) is 30.3 Å². The second kappa shape index (κ2) is 6.05. The third kappa shape index (κ3) is 2.99. The molecule has 0 bridgehead atoms. The minimum atomic E-state index is -0.722. The number of hydrogen-bond donors (Lipinski definition) is 1. The summed E-state index contributed by atoms with van der Waals surface area (Å²) in [6.07, 6.45) is 0. The predicted molar refractivity (Wildman–Crippen MR) is 77.3 cm³/mol. The molecule has 1 aromatic carbocycles. The Kier molecular flexibility index (Phi) is 4.39. The van der Waals surface area contributed by atoms with Crippen molar-refractivity contribution in [3.8, 4) is 0 Å². The molecule has 1 aromatic heterocycles. The standard InChI is InChI=1S/C14H14ClF2N3/c1-18-13-11(16)7-12(17)14(19-13)20(2)8-9-5-3-4-6-10(9)15/h3-7H,8H2,1-2H3,(H,18,19). The molecule has 2 aromatic rings. The summed E-state index contributed by atoms with van der Waals surface area (Å²) in [7, 11) is 3.20. The van der Waals surface area contributed by atoms with Gasteiger partial charge >= 0.3 is 0 Å². The molecule has 2 rings (SSSR count). The zero-order valence-electron chi connectivity index (χ0n) is 11.1. The fourth-order valence-corrected chi connectivity index (χ4v) is 2.05. The number of halogens is 3. The van der Waals surface area contributed by atoms with Crippen molar-refractivity contribution >= 4 is 23.2 Å². The van der Waals surface area contributed by atoms with E-state index in [2.05, 4.69) is 10.3 Å². The van der Waals surface area contributed by atoms with Crippen LogP contribution in [0.2, 0.25) is 5.02 Å². The van der Waals surface area contributed by atoms with Gasteiger partial charge < -0.3 is 10.2 Å². The molecule has 0 saturated carbocycles. The monoisotopic (exact) mass is 297 g/mol. The topological polar surface area (TPSA) is 28.2 Å². The van der Waals surface area contributed by atoms with Crippen LogP contribution < -0.4 is 10.2 Å². The number of pyridine rings is 1. The highest BCUT2D eigenvalue weighted by Crippen LogP contribution is 2.24. The maximum absolute atomic E-state index is 13.8. The second-order valence-electron chi connectivity index (χ2n) is 4.32. The highest BCUT2D eigenvalue weighted by Gasteiger charge is 2.15. The Bertz CT molecular complexity index is 619. The lowest BCUT2D eigenvalue weighted by Crippen LogP contribution is -2.20. The normalized spacial score (nSPS) is 10.4. The van der Waals surface area contributed by atoms with Crippen LogP contribution in [0, 0.1) is 11.6 Å². The summed E-state index contributed by atoms with van der Waals surface area (Å²) in [4.78, 5) is 5.52. The third-order valence-corrected chi connectivity index (χ3v) is 3.24. The van der Waals surface area contributed by atoms with E-state index in [9.17, 15) is 8.78 Å². The summed E-state index contributed by atoms with van der Waals surface area (Å²) in [6, 6.07) is 8.10. The number of aromatic nitrogens is 1. The van der Waals surface area contributed by atoms with Crippen LogP contribution in [0.4, 0.5) is 20.4 Å². The molecule has 1 heterocycles. The third-order valence-electron chi connectivity index (χ3n) is 2.87. The maximum atomic E-state index is 13.8. The molecule has 0 atom stereocenters. The lowest BCUT2D eigenvalue weighted by molar-refractivity contribution is 0.573. The Morgan fingerprint density at radius 1 is 1.25 bits per heavy atom. The van der Waals surface area contributed by atoms with Crippen LogP contribution in [0.1, 0.15) is 5.56 Å². The highest BCUT2D eigenvalue weighted by atomic mass is 35.5. The first-order valence-corrected chi connectivity index (χ1v) is 6.39. The largest absolute Gasteiger partial charge is 0.371 e. The molecule has 20 heavy (non-hydrogen) atoms. The van der Waals surface area contributed by atoms with E-state index in [1.165, 1.54) is 7.05 Å². The molecule has 0 spiro atoms. The van der Waals surface area contributed by atoms with Gasteiger partial charge in [0.15, 0.2) is 23.3 Å². The van der Waals surface area contributed by atoms with E-state index in [1.807, 2.05) is 18.2 Å². The van der Waals surface area contributed by atoms with Gasteiger partial charge in [-0.2, -0.15) is 0 Å². The van der Waals surface area contributed by atoms with Gasteiger partial charge in [-0.25, -0.2) is 13.8 Å². The first-order valence-electron chi connectivity index (χ1n) is 6.01. The zero-order valence-corrected chi connectivity index (χ0v) is 11.9. The van der Waals surface area contributed by atoms with E-state index in [1.54, 1.807) is 18.0 Å². The van der Waals surface area contributed by atoms with Crippen molar-refractivity contribution in [1.29, 1.82) is 0 Å². The Morgan fingerprint density at radius 3 is 2.60 bits per heavy atom. The number of hydrogen-bond acceptors (Lipinski definition) is 3. The Balaban J connectivity index is 2.30. The van der Waals surface area contributed by atoms with E-state index in [4.69, 9.17) is 11.6 Å². The van der Waals surface area contributed by atoms with Gasteiger partial charge in [0.05, 0.1) is 0 Å². The minimum Gasteiger partial charge on any atom is -0.371 e. The van der Waals surface area contributed by atoms with Crippen molar-refractivity contribution in [3.63, 3.8) is 0 Å². The summed E-state index contributed by atoms with van der Waals surface area (Å²) in [5.41, 5.74) is 0.841. The summed E-state index contributed by atoms with van der Waals surface area (Å²) >= 11 is 6.07. The number of anilines is 2. The summed E-state index contributed by atoms with van der Waals surface area (Å²) in [5, 5.41) is 3.18. The van der Waals surface area contributed by atoms with Crippen LogP contribution in [-0.4, -0.2) is 19.1 Å². The zero-order chi connectivity index (χ0) is 14.7. The van der Waals surface area contributed by atoms with Gasteiger partial charge in [-0.3, -0.25) is 0 Å². The fourth-order valence-electron chi connectivity index (χ4n) is 1.86. The number of nitrogens with zero attached hydrogens (tertiary/aromatic N) is 2. The Hall–Kier alpha value is -1.88. The summed E-state index contributed by atoms with van der Waals surface area (Å²) < 4.78 is 27.2. The Morgan fingerprint density at radius 2 is 1.95 bits per heavy atom. The molecular formula is C14H14ClF2N3. The molecule has 1 N–H and O–H groups in total. The molecule has 0 aliphatic heterocycles. The molecule has 0 amide bonds. The van der Waals surface area contributed by atoms with Crippen molar-refractivity contribution in [2.75, 3.05) is 24.3 Å². The molecule has 3 nitrogen and oxygen atoms in total. The molecule has 0 saturated heterocycles. The fraction of sp³-hybridized carbons (Fsp3) is 0.214. The summed E-state index contributed by atoms with van der Waals surface area (Å²) in [6.45, 7) is 0.373. The average Bonchev–Trinajstić information content (AvgIpc) is 2.41. The van der Waals surface area contributed by atoms with Crippen molar-refractivity contribution < 1.29 is 8.78 Å². The molecule has 6 heteroatoms.